The number of amides is 1. The number of nitriles is 1. The van der Waals surface area contributed by atoms with Crippen LogP contribution >= 0.6 is 0 Å². The third kappa shape index (κ3) is 4.04. The van der Waals surface area contributed by atoms with Crippen molar-refractivity contribution in [2.45, 2.75) is 38.8 Å². The molecular formula is C16H22N4O2. The van der Waals surface area contributed by atoms with Crippen LogP contribution in [0.2, 0.25) is 0 Å². The molecule has 1 saturated heterocycles. The summed E-state index contributed by atoms with van der Waals surface area (Å²) in [6, 6.07) is 7.34. The predicted molar refractivity (Wildman–Crippen MR) is 85.4 cm³/mol. The van der Waals surface area contributed by atoms with Crippen molar-refractivity contribution < 1.29 is 9.53 Å². The number of hydrogen-bond acceptors (Lipinski definition) is 5. The number of nitrogen functional groups attached to an aromatic ring is 1. The van der Waals surface area contributed by atoms with Gasteiger partial charge in [0.05, 0.1) is 23.0 Å². The number of likely N-dealkylation sites (tertiary alicyclic amines) is 1. The summed E-state index contributed by atoms with van der Waals surface area (Å²) in [6.45, 7) is 6.80. The number of nitrogens with two attached hydrogens (primary N) is 1. The molecule has 1 aromatic rings. The van der Waals surface area contributed by atoms with E-state index in [0.29, 0.717) is 24.3 Å². The number of nitrogens with one attached hydrogen (secondary N) is 1. The number of nitrogens with zero attached hydrogens (tertiary/aromatic N) is 2. The SMILES string of the molecule is CC(C)(C)OC(=O)N1CC[C@H](Nc2ccc(C#N)cc2N)C1. The highest BCUT2D eigenvalue weighted by Crippen LogP contribution is 2.23. The second kappa shape index (κ2) is 6.14. The molecule has 3 N–H and O–H groups in total. The first-order valence-electron chi connectivity index (χ1n) is 7.32. The van der Waals surface area contributed by atoms with Gasteiger partial charge in [0.25, 0.3) is 0 Å². The Morgan fingerprint density at radius 1 is 1.50 bits per heavy atom. The molecule has 6 nitrogen and oxygen atoms in total. The van der Waals surface area contributed by atoms with Crippen LogP contribution < -0.4 is 11.1 Å². The highest BCUT2D eigenvalue weighted by atomic mass is 16.6. The van der Waals surface area contributed by atoms with E-state index < -0.39 is 5.60 Å². The van der Waals surface area contributed by atoms with Crippen molar-refractivity contribution in [3.63, 3.8) is 0 Å². The summed E-state index contributed by atoms with van der Waals surface area (Å²) < 4.78 is 5.37. The molecule has 1 aromatic carbocycles. The van der Waals surface area contributed by atoms with Gasteiger partial charge in [0.1, 0.15) is 5.60 Å². The summed E-state index contributed by atoms with van der Waals surface area (Å²) >= 11 is 0. The number of carbonyl (C=O) groups excluding carboxylic acids is 1. The standard InChI is InChI=1S/C16H22N4O2/c1-16(2,3)22-15(21)20-7-6-12(10-20)19-14-5-4-11(9-17)8-13(14)18/h4-5,8,12,19H,6-7,10,18H2,1-3H3/t12-/m0/s1. The number of anilines is 2. The fourth-order valence-corrected chi connectivity index (χ4v) is 2.35. The summed E-state index contributed by atoms with van der Waals surface area (Å²) in [5.74, 6) is 0. The normalized spacial score (nSPS) is 17.9. The van der Waals surface area contributed by atoms with Crippen molar-refractivity contribution in [2.24, 2.45) is 0 Å². The van der Waals surface area contributed by atoms with Gasteiger partial charge in [-0.15, -0.1) is 0 Å². The predicted octanol–water partition coefficient (Wildman–Crippen LogP) is 2.56. The van der Waals surface area contributed by atoms with E-state index in [0.717, 1.165) is 12.1 Å². The van der Waals surface area contributed by atoms with Crippen molar-refractivity contribution in [3.8, 4) is 6.07 Å². The Morgan fingerprint density at radius 2 is 2.23 bits per heavy atom. The third-order valence-corrected chi connectivity index (χ3v) is 3.38. The first-order chi connectivity index (χ1) is 10.3. The maximum Gasteiger partial charge on any atom is 0.410 e. The molecule has 6 heteroatoms. The van der Waals surface area contributed by atoms with Gasteiger partial charge in [-0.2, -0.15) is 5.26 Å². The molecule has 2 rings (SSSR count). The minimum atomic E-state index is -0.486. The molecule has 0 bridgehead atoms. The Bertz CT molecular complexity index is 601. The van der Waals surface area contributed by atoms with E-state index in [4.69, 9.17) is 15.7 Å². The average Bonchev–Trinajstić information content (AvgIpc) is 2.88. The van der Waals surface area contributed by atoms with Gasteiger partial charge in [0, 0.05) is 19.1 Å². The van der Waals surface area contributed by atoms with Gasteiger partial charge in [0.15, 0.2) is 0 Å². The molecule has 1 atom stereocenters. The molecule has 22 heavy (non-hydrogen) atoms. The van der Waals surface area contributed by atoms with Crippen LogP contribution in [-0.4, -0.2) is 35.7 Å². The van der Waals surface area contributed by atoms with Gasteiger partial charge in [-0.1, -0.05) is 0 Å². The van der Waals surface area contributed by atoms with Crippen LogP contribution in [0.5, 0.6) is 0 Å². The van der Waals surface area contributed by atoms with Crippen molar-refractivity contribution in [3.05, 3.63) is 23.8 Å². The van der Waals surface area contributed by atoms with Crippen LogP contribution in [0.1, 0.15) is 32.8 Å². The number of hydrogen-bond donors (Lipinski definition) is 2. The van der Waals surface area contributed by atoms with Crippen LogP contribution in [0.3, 0.4) is 0 Å². The molecule has 1 heterocycles. The van der Waals surface area contributed by atoms with E-state index in [2.05, 4.69) is 11.4 Å². The number of carbonyl (C=O) groups is 1. The van der Waals surface area contributed by atoms with Crippen molar-refractivity contribution >= 4 is 17.5 Å². The summed E-state index contributed by atoms with van der Waals surface area (Å²) in [4.78, 5) is 13.7. The van der Waals surface area contributed by atoms with Crippen LogP contribution in [0, 0.1) is 11.3 Å². The van der Waals surface area contributed by atoms with Crippen LogP contribution in [0.15, 0.2) is 18.2 Å². The molecule has 0 saturated carbocycles. The minimum absolute atomic E-state index is 0.128. The topological polar surface area (TPSA) is 91.4 Å². The molecule has 0 aliphatic carbocycles. The van der Waals surface area contributed by atoms with Crippen molar-refractivity contribution in [1.82, 2.24) is 4.90 Å². The lowest BCUT2D eigenvalue weighted by Crippen LogP contribution is -2.36. The molecule has 1 fully saturated rings. The summed E-state index contributed by atoms with van der Waals surface area (Å²) in [5, 5.41) is 12.2. The van der Waals surface area contributed by atoms with Crippen LogP contribution in [0.4, 0.5) is 16.2 Å². The quantitative estimate of drug-likeness (QED) is 0.819. The summed E-state index contributed by atoms with van der Waals surface area (Å²) in [7, 11) is 0. The lowest BCUT2D eigenvalue weighted by molar-refractivity contribution is 0.0293. The van der Waals surface area contributed by atoms with Crippen LogP contribution in [0.25, 0.3) is 0 Å². The summed E-state index contributed by atoms with van der Waals surface area (Å²) in [5.41, 5.74) is 7.30. The Balaban J connectivity index is 1.94. The molecule has 0 spiro atoms. The zero-order valence-electron chi connectivity index (χ0n) is 13.2. The van der Waals surface area contributed by atoms with E-state index in [1.54, 1.807) is 23.1 Å². The Labute approximate surface area is 130 Å². The van der Waals surface area contributed by atoms with Gasteiger partial charge in [-0.25, -0.2) is 4.79 Å². The molecule has 1 amide bonds. The zero-order chi connectivity index (χ0) is 16.3. The van der Waals surface area contributed by atoms with Gasteiger partial charge < -0.3 is 20.7 Å². The van der Waals surface area contributed by atoms with E-state index in [9.17, 15) is 4.79 Å². The fraction of sp³-hybridized carbons (Fsp3) is 0.500. The number of rotatable bonds is 2. The Hall–Kier alpha value is -2.42. The monoisotopic (exact) mass is 302 g/mol. The van der Waals surface area contributed by atoms with Gasteiger partial charge in [-0.3, -0.25) is 0 Å². The fourth-order valence-electron chi connectivity index (χ4n) is 2.35. The zero-order valence-corrected chi connectivity index (χ0v) is 13.2. The third-order valence-electron chi connectivity index (χ3n) is 3.38. The lowest BCUT2D eigenvalue weighted by Gasteiger charge is -2.24. The lowest BCUT2D eigenvalue weighted by atomic mass is 10.1. The maximum atomic E-state index is 12.0. The van der Waals surface area contributed by atoms with Gasteiger partial charge >= 0.3 is 6.09 Å². The van der Waals surface area contributed by atoms with Gasteiger partial charge in [0.2, 0.25) is 0 Å². The molecular weight excluding hydrogens is 280 g/mol. The van der Waals surface area contributed by atoms with Crippen LogP contribution in [-0.2, 0) is 4.74 Å². The average molecular weight is 302 g/mol. The second-order valence-corrected chi connectivity index (χ2v) is 6.47. The van der Waals surface area contributed by atoms with Gasteiger partial charge in [-0.05, 0) is 45.4 Å². The molecule has 118 valence electrons. The largest absolute Gasteiger partial charge is 0.444 e. The van der Waals surface area contributed by atoms with Crippen molar-refractivity contribution in [2.75, 3.05) is 24.1 Å². The number of ether oxygens (including phenoxy) is 1. The molecule has 0 unspecified atom stereocenters. The van der Waals surface area contributed by atoms with E-state index in [1.807, 2.05) is 20.8 Å². The molecule has 0 radical (unpaired) electrons. The van der Waals surface area contributed by atoms with E-state index in [1.165, 1.54) is 0 Å². The number of benzene rings is 1. The Morgan fingerprint density at radius 3 is 2.82 bits per heavy atom. The molecule has 1 aliphatic heterocycles. The first kappa shape index (κ1) is 16.0. The van der Waals surface area contributed by atoms with E-state index in [-0.39, 0.29) is 12.1 Å². The highest BCUT2D eigenvalue weighted by Gasteiger charge is 2.29. The molecule has 0 aromatic heterocycles. The Kier molecular flexibility index (Phi) is 4.45. The highest BCUT2D eigenvalue weighted by molar-refractivity contribution is 5.70. The maximum absolute atomic E-state index is 12.0. The summed E-state index contributed by atoms with van der Waals surface area (Å²) in [6.07, 6.45) is 0.545. The van der Waals surface area contributed by atoms with Crippen molar-refractivity contribution in [1.29, 1.82) is 5.26 Å². The molecule has 1 aliphatic rings. The second-order valence-electron chi connectivity index (χ2n) is 6.47. The van der Waals surface area contributed by atoms with E-state index >= 15 is 0 Å². The minimum Gasteiger partial charge on any atom is -0.444 e. The first-order valence-corrected chi connectivity index (χ1v) is 7.32. The smallest absolute Gasteiger partial charge is 0.410 e.